The summed E-state index contributed by atoms with van der Waals surface area (Å²) in [6.45, 7) is 0. The largest absolute Gasteiger partial charge is 0.457 e. The summed E-state index contributed by atoms with van der Waals surface area (Å²) in [6.07, 6.45) is 1.97. The van der Waals surface area contributed by atoms with Crippen LogP contribution in [0.1, 0.15) is 17.2 Å². The monoisotopic (exact) mass is 519 g/mol. The van der Waals surface area contributed by atoms with E-state index >= 15 is 0 Å². The lowest BCUT2D eigenvalue weighted by Gasteiger charge is -2.26. The van der Waals surface area contributed by atoms with Gasteiger partial charge < -0.3 is 10.1 Å². The molecular formula is C28H20Cl2FN3O2. The molecule has 0 spiro atoms. The van der Waals surface area contributed by atoms with Crippen LogP contribution in [-0.4, -0.2) is 11.0 Å². The van der Waals surface area contributed by atoms with Gasteiger partial charge in [-0.05, 0) is 77.9 Å². The van der Waals surface area contributed by atoms with Crippen molar-refractivity contribution < 1.29 is 13.9 Å². The Morgan fingerprint density at radius 1 is 0.861 bits per heavy atom. The van der Waals surface area contributed by atoms with E-state index in [9.17, 15) is 9.18 Å². The maximum Gasteiger partial charge on any atom is 0.341 e. The standard InChI is InChI=1S/C28H20Cl2FN3O2/c29-20-8-4-18(5-9-20)26-17-27(19-6-10-21(30)11-7-19)34(33-26)28(35)32-23-12-14-24(15-13-23)36-25-3-1-2-22(31)16-25/h1-17,27,33H,(H,32,35). The molecule has 0 fully saturated rings. The zero-order chi connectivity index (χ0) is 25.1. The molecule has 0 saturated carbocycles. The van der Waals surface area contributed by atoms with Gasteiger partial charge in [-0.15, -0.1) is 0 Å². The van der Waals surface area contributed by atoms with Crippen LogP contribution in [-0.2, 0) is 0 Å². The molecule has 1 atom stereocenters. The number of rotatable bonds is 5. The number of nitrogens with one attached hydrogen (secondary N) is 2. The van der Waals surface area contributed by atoms with Crippen LogP contribution in [0.5, 0.6) is 11.5 Å². The van der Waals surface area contributed by atoms with E-state index in [4.69, 9.17) is 27.9 Å². The predicted octanol–water partition coefficient (Wildman–Crippen LogP) is 8.06. The molecule has 0 saturated heterocycles. The third kappa shape index (κ3) is 5.46. The molecule has 8 heteroatoms. The Kier molecular flexibility index (Phi) is 6.80. The first-order chi connectivity index (χ1) is 17.4. The molecule has 0 aliphatic carbocycles. The minimum absolute atomic E-state index is 0.353. The maximum atomic E-state index is 13.4. The van der Waals surface area contributed by atoms with E-state index in [-0.39, 0.29) is 17.9 Å². The first kappa shape index (κ1) is 23.7. The zero-order valence-corrected chi connectivity index (χ0v) is 20.3. The molecule has 0 radical (unpaired) electrons. The molecule has 1 unspecified atom stereocenters. The van der Waals surface area contributed by atoms with Crippen molar-refractivity contribution in [2.75, 3.05) is 5.32 Å². The summed E-state index contributed by atoms with van der Waals surface area (Å²) in [7, 11) is 0. The van der Waals surface area contributed by atoms with Gasteiger partial charge in [0.05, 0.1) is 5.70 Å². The van der Waals surface area contributed by atoms with Crippen molar-refractivity contribution in [1.29, 1.82) is 0 Å². The quantitative estimate of drug-likeness (QED) is 0.280. The highest BCUT2D eigenvalue weighted by atomic mass is 35.5. The first-order valence-electron chi connectivity index (χ1n) is 11.1. The number of anilines is 1. The fourth-order valence-electron chi connectivity index (χ4n) is 3.80. The lowest BCUT2D eigenvalue weighted by Crippen LogP contribution is -2.42. The number of halogens is 3. The second kappa shape index (κ2) is 10.3. The lowest BCUT2D eigenvalue weighted by molar-refractivity contribution is 0.190. The number of nitrogens with zero attached hydrogens (tertiary/aromatic N) is 1. The van der Waals surface area contributed by atoms with Gasteiger partial charge in [-0.1, -0.05) is 53.5 Å². The van der Waals surface area contributed by atoms with Gasteiger partial charge >= 0.3 is 6.03 Å². The predicted molar refractivity (Wildman–Crippen MR) is 141 cm³/mol. The summed E-state index contributed by atoms with van der Waals surface area (Å²) < 4.78 is 19.1. The van der Waals surface area contributed by atoms with E-state index in [1.165, 1.54) is 17.1 Å². The third-order valence-corrected chi connectivity index (χ3v) is 6.07. The van der Waals surface area contributed by atoms with Crippen LogP contribution in [0, 0.1) is 5.82 Å². The molecule has 2 N–H and O–H groups in total. The lowest BCUT2D eigenvalue weighted by atomic mass is 10.0. The van der Waals surface area contributed by atoms with Crippen molar-refractivity contribution in [2.45, 2.75) is 6.04 Å². The van der Waals surface area contributed by atoms with Gasteiger partial charge in [0.25, 0.3) is 0 Å². The molecule has 1 aliphatic rings. The average Bonchev–Trinajstić information content (AvgIpc) is 3.32. The molecule has 4 aromatic carbocycles. The molecule has 1 heterocycles. The van der Waals surface area contributed by atoms with Crippen LogP contribution in [0.15, 0.2) is 103 Å². The van der Waals surface area contributed by atoms with E-state index in [0.717, 1.165) is 16.8 Å². The van der Waals surface area contributed by atoms with Crippen molar-refractivity contribution in [3.8, 4) is 11.5 Å². The van der Waals surface area contributed by atoms with Crippen LogP contribution in [0.4, 0.5) is 14.9 Å². The molecule has 36 heavy (non-hydrogen) atoms. The Labute approximate surface area is 217 Å². The zero-order valence-electron chi connectivity index (χ0n) is 18.8. The van der Waals surface area contributed by atoms with E-state index in [2.05, 4.69) is 10.7 Å². The number of carbonyl (C=O) groups is 1. The molecule has 1 aliphatic heterocycles. The van der Waals surface area contributed by atoms with Crippen molar-refractivity contribution in [3.63, 3.8) is 0 Å². The Balaban J connectivity index is 1.33. The summed E-state index contributed by atoms with van der Waals surface area (Å²) >= 11 is 12.1. The SMILES string of the molecule is O=C(Nc1ccc(Oc2cccc(F)c2)cc1)N1NC(c2ccc(Cl)cc2)=CC1c1ccc(Cl)cc1. The van der Waals surface area contributed by atoms with Gasteiger partial charge in [0, 0.05) is 21.8 Å². The molecular weight excluding hydrogens is 500 g/mol. The molecule has 180 valence electrons. The van der Waals surface area contributed by atoms with Crippen molar-refractivity contribution >= 4 is 40.6 Å². The highest BCUT2D eigenvalue weighted by molar-refractivity contribution is 6.30. The van der Waals surface area contributed by atoms with Gasteiger partial charge in [0.1, 0.15) is 23.4 Å². The molecule has 0 bridgehead atoms. The number of ether oxygens (including phenoxy) is 1. The minimum atomic E-state index is -0.378. The van der Waals surface area contributed by atoms with Gasteiger partial charge in [-0.25, -0.2) is 14.2 Å². The van der Waals surface area contributed by atoms with Crippen LogP contribution in [0.2, 0.25) is 10.0 Å². The molecule has 5 rings (SSSR count). The van der Waals surface area contributed by atoms with E-state index in [1.54, 1.807) is 60.7 Å². The van der Waals surface area contributed by atoms with Gasteiger partial charge in [0.15, 0.2) is 0 Å². The average molecular weight is 520 g/mol. The first-order valence-corrected chi connectivity index (χ1v) is 11.8. The maximum absolute atomic E-state index is 13.4. The van der Waals surface area contributed by atoms with E-state index < -0.39 is 0 Å². The number of urea groups is 1. The Hall–Kier alpha value is -4.00. The third-order valence-electron chi connectivity index (χ3n) is 5.57. The second-order valence-corrected chi connectivity index (χ2v) is 8.95. The number of hydrogen-bond acceptors (Lipinski definition) is 3. The number of amides is 2. The minimum Gasteiger partial charge on any atom is -0.457 e. The number of hydrogen-bond donors (Lipinski definition) is 2. The van der Waals surface area contributed by atoms with E-state index in [1.807, 2.05) is 30.3 Å². The van der Waals surface area contributed by atoms with Gasteiger partial charge in [-0.3, -0.25) is 5.43 Å². The van der Waals surface area contributed by atoms with Crippen LogP contribution >= 0.6 is 23.2 Å². The van der Waals surface area contributed by atoms with Crippen molar-refractivity contribution in [1.82, 2.24) is 10.4 Å². The van der Waals surface area contributed by atoms with Crippen molar-refractivity contribution in [3.05, 3.63) is 130 Å². The molecule has 0 aromatic heterocycles. The Morgan fingerprint density at radius 3 is 2.19 bits per heavy atom. The summed E-state index contributed by atoms with van der Waals surface area (Å²) in [5.74, 6) is 0.527. The van der Waals surface area contributed by atoms with Crippen LogP contribution < -0.4 is 15.5 Å². The summed E-state index contributed by atoms with van der Waals surface area (Å²) in [6, 6.07) is 26.7. The van der Waals surface area contributed by atoms with Crippen LogP contribution in [0.3, 0.4) is 0 Å². The van der Waals surface area contributed by atoms with Gasteiger partial charge in [-0.2, -0.15) is 0 Å². The second-order valence-electron chi connectivity index (χ2n) is 8.08. The van der Waals surface area contributed by atoms with Crippen LogP contribution in [0.25, 0.3) is 5.70 Å². The number of hydrazine groups is 1. The fraction of sp³-hybridized carbons (Fsp3) is 0.0357. The fourth-order valence-corrected chi connectivity index (χ4v) is 4.05. The number of carbonyl (C=O) groups excluding carboxylic acids is 1. The highest BCUT2D eigenvalue weighted by Crippen LogP contribution is 2.33. The van der Waals surface area contributed by atoms with E-state index in [0.29, 0.717) is 27.2 Å². The molecule has 2 amide bonds. The molecule has 5 nitrogen and oxygen atoms in total. The van der Waals surface area contributed by atoms with Crippen molar-refractivity contribution in [2.24, 2.45) is 0 Å². The Bertz CT molecular complexity index is 1410. The number of benzene rings is 4. The smallest absolute Gasteiger partial charge is 0.341 e. The normalized spacial score (nSPS) is 14.7. The summed E-state index contributed by atoms with van der Waals surface area (Å²) in [5, 5.41) is 5.67. The summed E-state index contributed by atoms with van der Waals surface area (Å²) in [4.78, 5) is 13.3. The summed E-state index contributed by atoms with van der Waals surface area (Å²) in [5.41, 5.74) is 6.35. The highest BCUT2D eigenvalue weighted by Gasteiger charge is 2.31. The van der Waals surface area contributed by atoms with Gasteiger partial charge in [0.2, 0.25) is 0 Å². The Morgan fingerprint density at radius 2 is 1.53 bits per heavy atom. The molecule has 4 aromatic rings. The topological polar surface area (TPSA) is 53.6 Å².